The van der Waals surface area contributed by atoms with Crippen molar-refractivity contribution in [3.05, 3.63) is 0 Å². The first kappa shape index (κ1) is 6.59. The van der Waals surface area contributed by atoms with Crippen molar-refractivity contribution in [1.82, 2.24) is 0 Å². The van der Waals surface area contributed by atoms with Crippen molar-refractivity contribution < 1.29 is 15.0 Å². The third-order valence-electron chi connectivity index (χ3n) is 0.636. The molecule has 0 aromatic heterocycles. The molecule has 0 aromatic carbocycles. The average molecular weight is 104 g/mol. The van der Waals surface area contributed by atoms with Crippen LogP contribution in [0.5, 0.6) is 0 Å². The monoisotopic (exact) mass is 104 g/mol. The molecule has 2 N–H and O–H groups in total. The van der Waals surface area contributed by atoms with Crippen LogP contribution in [-0.4, -0.2) is 22.3 Å². The summed E-state index contributed by atoms with van der Waals surface area (Å²) in [6.07, 6.45) is -1.59. The Bertz CT molecular complexity index is 67.3. The molecule has 0 amide bonds. The lowest BCUT2D eigenvalue weighted by Gasteiger charge is -1.94. The molecule has 0 atom stereocenters. The number of rotatable bonds is 2. The van der Waals surface area contributed by atoms with Crippen LogP contribution >= 0.6 is 0 Å². The third-order valence-corrected chi connectivity index (χ3v) is 0.636. The quantitative estimate of drug-likeness (QED) is 0.454. The van der Waals surface area contributed by atoms with Gasteiger partial charge in [0.25, 0.3) is 0 Å². The molecule has 42 valence electrons. The van der Waals surface area contributed by atoms with E-state index in [0.29, 0.717) is 0 Å². The van der Waals surface area contributed by atoms with Crippen LogP contribution in [0.15, 0.2) is 0 Å². The van der Waals surface area contributed by atoms with Crippen molar-refractivity contribution in [2.45, 2.75) is 19.6 Å². The standard InChI is InChI=1S/C4H8O3/c1-2-3(5)4(6)7/h4,6-7H,2H2,1H3. The minimum absolute atomic E-state index is 0.178. The maximum absolute atomic E-state index is 10.0. The summed E-state index contributed by atoms with van der Waals surface area (Å²) in [6, 6.07) is 0. The summed E-state index contributed by atoms with van der Waals surface area (Å²) in [6.45, 7) is 1.57. The Hall–Kier alpha value is -0.410. The Morgan fingerprint density at radius 1 is 1.71 bits per heavy atom. The lowest BCUT2D eigenvalue weighted by Crippen LogP contribution is -2.17. The van der Waals surface area contributed by atoms with Gasteiger partial charge in [-0.15, -0.1) is 0 Å². The molecule has 0 spiro atoms. The van der Waals surface area contributed by atoms with E-state index in [0.717, 1.165) is 0 Å². The van der Waals surface area contributed by atoms with Gasteiger partial charge < -0.3 is 10.2 Å². The number of hydrogen-bond donors (Lipinski definition) is 2. The number of Topliss-reactive ketones (excluding diaryl/α,β-unsaturated/α-hetero) is 1. The Labute approximate surface area is 41.6 Å². The molecule has 7 heavy (non-hydrogen) atoms. The molecule has 0 rings (SSSR count). The molecule has 0 fully saturated rings. The summed E-state index contributed by atoms with van der Waals surface area (Å²) in [5.74, 6) is -0.542. The van der Waals surface area contributed by atoms with Crippen LogP contribution in [-0.2, 0) is 4.79 Å². The van der Waals surface area contributed by atoms with Gasteiger partial charge in [-0.25, -0.2) is 0 Å². The van der Waals surface area contributed by atoms with Crippen LogP contribution in [0.2, 0.25) is 0 Å². The zero-order valence-corrected chi connectivity index (χ0v) is 4.09. The van der Waals surface area contributed by atoms with E-state index in [1.807, 2.05) is 0 Å². The first-order valence-electron chi connectivity index (χ1n) is 2.07. The number of aliphatic hydroxyl groups excluding tert-OH is 1. The summed E-state index contributed by atoms with van der Waals surface area (Å²) in [5, 5.41) is 16.1. The second-order valence-electron chi connectivity index (χ2n) is 1.19. The lowest BCUT2D eigenvalue weighted by molar-refractivity contribution is -0.144. The highest BCUT2D eigenvalue weighted by molar-refractivity contribution is 5.80. The van der Waals surface area contributed by atoms with Gasteiger partial charge in [-0.1, -0.05) is 6.92 Å². The average Bonchev–Trinajstić information content (AvgIpc) is 1.65. The van der Waals surface area contributed by atoms with E-state index >= 15 is 0 Å². The van der Waals surface area contributed by atoms with Crippen molar-refractivity contribution in [2.75, 3.05) is 0 Å². The van der Waals surface area contributed by atoms with E-state index in [4.69, 9.17) is 10.2 Å². The maximum Gasteiger partial charge on any atom is 0.212 e. The van der Waals surface area contributed by atoms with E-state index in [-0.39, 0.29) is 6.42 Å². The first-order valence-corrected chi connectivity index (χ1v) is 2.07. The topological polar surface area (TPSA) is 57.5 Å². The van der Waals surface area contributed by atoms with Gasteiger partial charge in [0.05, 0.1) is 0 Å². The summed E-state index contributed by atoms with van der Waals surface area (Å²) < 4.78 is 0. The molecular formula is C4H8O3. The van der Waals surface area contributed by atoms with E-state index in [9.17, 15) is 4.79 Å². The van der Waals surface area contributed by atoms with Crippen LogP contribution in [0.25, 0.3) is 0 Å². The lowest BCUT2D eigenvalue weighted by atomic mass is 10.3. The fourth-order valence-corrected chi connectivity index (χ4v) is 0.183. The van der Waals surface area contributed by atoms with Gasteiger partial charge in [0.15, 0.2) is 5.78 Å². The van der Waals surface area contributed by atoms with Gasteiger partial charge in [-0.05, 0) is 0 Å². The minimum Gasteiger partial charge on any atom is -0.362 e. The van der Waals surface area contributed by atoms with Crippen molar-refractivity contribution in [1.29, 1.82) is 0 Å². The predicted molar refractivity (Wildman–Crippen MR) is 23.5 cm³/mol. The number of hydrogen-bond acceptors (Lipinski definition) is 3. The summed E-state index contributed by atoms with van der Waals surface area (Å²) >= 11 is 0. The molecule has 0 bridgehead atoms. The zero-order valence-electron chi connectivity index (χ0n) is 4.09. The summed E-state index contributed by atoms with van der Waals surface area (Å²) in [4.78, 5) is 10.0. The fourth-order valence-electron chi connectivity index (χ4n) is 0.183. The normalized spacial score (nSPS) is 9.71. The molecule has 3 nitrogen and oxygen atoms in total. The Morgan fingerprint density at radius 2 is 2.14 bits per heavy atom. The van der Waals surface area contributed by atoms with E-state index in [1.54, 1.807) is 6.92 Å². The van der Waals surface area contributed by atoms with E-state index < -0.39 is 12.1 Å². The number of aliphatic hydroxyl groups is 2. The van der Waals surface area contributed by atoms with E-state index in [1.165, 1.54) is 0 Å². The van der Waals surface area contributed by atoms with E-state index in [2.05, 4.69) is 0 Å². The molecule has 0 unspecified atom stereocenters. The molecule has 0 saturated carbocycles. The molecule has 3 heteroatoms. The van der Waals surface area contributed by atoms with Crippen molar-refractivity contribution in [2.24, 2.45) is 0 Å². The largest absolute Gasteiger partial charge is 0.362 e. The maximum atomic E-state index is 10.0. The molecule has 0 aromatic rings. The fraction of sp³-hybridized carbons (Fsp3) is 0.750. The zero-order chi connectivity index (χ0) is 5.86. The Kier molecular flexibility index (Phi) is 2.55. The van der Waals surface area contributed by atoms with Gasteiger partial charge in [0.1, 0.15) is 0 Å². The first-order chi connectivity index (χ1) is 3.18. The summed E-state index contributed by atoms with van der Waals surface area (Å²) in [7, 11) is 0. The highest BCUT2D eigenvalue weighted by Crippen LogP contribution is 1.83. The highest BCUT2D eigenvalue weighted by atomic mass is 16.5. The molecule has 0 aliphatic carbocycles. The van der Waals surface area contributed by atoms with Crippen LogP contribution in [0.4, 0.5) is 0 Å². The second kappa shape index (κ2) is 2.71. The van der Waals surface area contributed by atoms with Crippen LogP contribution in [0, 0.1) is 0 Å². The van der Waals surface area contributed by atoms with Gasteiger partial charge in [0, 0.05) is 6.42 Å². The SMILES string of the molecule is CCC(=O)C(O)O. The van der Waals surface area contributed by atoms with Gasteiger partial charge in [0.2, 0.25) is 6.29 Å². The van der Waals surface area contributed by atoms with Crippen LogP contribution < -0.4 is 0 Å². The van der Waals surface area contributed by atoms with Gasteiger partial charge in [-0.3, -0.25) is 4.79 Å². The summed E-state index contributed by atoms with van der Waals surface area (Å²) in [5.41, 5.74) is 0. The van der Waals surface area contributed by atoms with Crippen molar-refractivity contribution in [3.63, 3.8) is 0 Å². The molecular weight excluding hydrogens is 96.0 g/mol. The van der Waals surface area contributed by atoms with Crippen molar-refractivity contribution in [3.8, 4) is 0 Å². The molecule has 0 radical (unpaired) electrons. The Morgan fingerprint density at radius 3 is 2.14 bits per heavy atom. The van der Waals surface area contributed by atoms with Gasteiger partial charge >= 0.3 is 0 Å². The number of ketones is 1. The second-order valence-corrected chi connectivity index (χ2v) is 1.19. The predicted octanol–water partition coefficient (Wildman–Crippen LogP) is -0.724. The number of carbonyl (C=O) groups excluding carboxylic acids is 1. The van der Waals surface area contributed by atoms with Gasteiger partial charge in [-0.2, -0.15) is 0 Å². The number of carbonyl (C=O) groups is 1. The Balaban J connectivity index is 3.35. The third kappa shape index (κ3) is 2.31. The molecule has 0 heterocycles. The van der Waals surface area contributed by atoms with Crippen LogP contribution in [0.1, 0.15) is 13.3 Å². The van der Waals surface area contributed by atoms with Crippen LogP contribution in [0.3, 0.4) is 0 Å². The molecule has 0 aliphatic rings. The minimum atomic E-state index is -1.77. The van der Waals surface area contributed by atoms with Crippen molar-refractivity contribution >= 4 is 5.78 Å². The molecule has 0 saturated heterocycles. The smallest absolute Gasteiger partial charge is 0.212 e. The highest BCUT2D eigenvalue weighted by Gasteiger charge is 2.05. The molecule has 0 aliphatic heterocycles.